The second-order valence-electron chi connectivity index (χ2n) is 4.46. The van der Waals surface area contributed by atoms with Crippen molar-refractivity contribution in [2.45, 2.75) is 32.1 Å². The molecular weight excluding hydrogens is 162 g/mol. The lowest BCUT2D eigenvalue weighted by molar-refractivity contribution is 0.311. The number of aliphatic imine (C=N–C) groups is 1. The summed E-state index contributed by atoms with van der Waals surface area (Å²) in [5.41, 5.74) is 6.41. The summed E-state index contributed by atoms with van der Waals surface area (Å²) in [6.45, 7) is 2.26. The van der Waals surface area contributed by atoms with Gasteiger partial charge in [0.05, 0.1) is 0 Å². The van der Waals surface area contributed by atoms with Crippen molar-refractivity contribution in [3.8, 4) is 0 Å². The Balaban J connectivity index is 2.00. The summed E-state index contributed by atoms with van der Waals surface area (Å²) in [4.78, 5) is 6.29. The lowest BCUT2D eigenvalue weighted by Crippen LogP contribution is -2.36. The minimum Gasteiger partial charge on any atom is -0.370 e. The van der Waals surface area contributed by atoms with E-state index in [0.717, 1.165) is 19.0 Å². The van der Waals surface area contributed by atoms with Gasteiger partial charge in [0.1, 0.15) is 0 Å². The zero-order chi connectivity index (χ0) is 9.31. The fourth-order valence-electron chi connectivity index (χ4n) is 2.81. The second kappa shape index (κ2) is 3.20. The molecule has 3 heteroatoms. The fraction of sp³-hybridized carbons (Fsp3) is 0.900. The molecule has 3 nitrogen and oxygen atoms in total. The maximum absolute atomic E-state index is 5.81. The smallest absolute Gasteiger partial charge is 0.190 e. The third-order valence-corrected chi connectivity index (χ3v) is 3.66. The van der Waals surface area contributed by atoms with Gasteiger partial charge in [-0.3, -0.25) is 4.99 Å². The van der Waals surface area contributed by atoms with Crippen molar-refractivity contribution in [3.63, 3.8) is 0 Å². The van der Waals surface area contributed by atoms with E-state index in [0.29, 0.717) is 5.41 Å². The SMILES string of the molecule is CN=C(N)N1CCC2(CCCC2)C1. The molecule has 2 rings (SSSR count). The van der Waals surface area contributed by atoms with Gasteiger partial charge in [-0.05, 0) is 24.7 Å². The molecule has 0 amide bonds. The molecule has 2 aliphatic rings. The number of likely N-dealkylation sites (tertiary alicyclic amines) is 1. The average molecular weight is 181 g/mol. The number of guanidine groups is 1. The van der Waals surface area contributed by atoms with Crippen LogP contribution in [0.2, 0.25) is 0 Å². The van der Waals surface area contributed by atoms with E-state index in [9.17, 15) is 0 Å². The predicted molar refractivity (Wildman–Crippen MR) is 54.6 cm³/mol. The van der Waals surface area contributed by atoms with E-state index < -0.39 is 0 Å². The predicted octanol–water partition coefficient (Wildman–Crippen LogP) is 1.20. The van der Waals surface area contributed by atoms with Gasteiger partial charge in [-0.25, -0.2) is 0 Å². The Bertz CT molecular complexity index is 216. The van der Waals surface area contributed by atoms with Crippen molar-refractivity contribution >= 4 is 5.96 Å². The summed E-state index contributed by atoms with van der Waals surface area (Å²) >= 11 is 0. The van der Waals surface area contributed by atoms with Crippen LogP contribution in [0.3, 0.4) is 0 Å². The number of nitrogens with two attached hydrogens (primary N) is 1. The van der Waals surface area contributed by atoms with E-state index in [1.165, 1.54) is 32.1 Å². The third-order valence-electron chi connectivity index (χ3n) is 3.66. The van der Waals surface area contributed by atoms with Crippen LogP contribution in [-0.4, -0.2) is 31.0 Å². The standard InChI is InChI=1S/C10H19N3/c1-12-9(11)13-7-6-10(8-13)4-2-3-5-10/h2-8H2,1H3,(H2,11,12). The third kappa shape index (κ3) is 1.52. The first-order valence-corrected chi connectivity index (χ1v) is 5.23. The molecule has 1 aliphatic carbocycles. The van der Waals surface area contributed by atoms with Crippen molar-refractivity contribution < 1.29 is 0 Å². The molecule has 1 spiro atoms. The highest BCUT2D eigenvalue weighted by molar-refractivity contribution is 5.78. The quantitative estimate of drug-likeness (QED) is 0.450. The van der Waals surface area contributed by atoms with E-state index in [4.69, 9.17) is 5.73 Å². The van der Waals surface area contributed by atoms with Crippen molar-refractivity contribution in [2.75, 3.05) is 20.1 Å². The molecule has 0 aromatic rings. The molecule has 0 aromatic carbocycles. The lowest BCUT2D eigenvalue weighted by atomic mass is 9.86. The van der Waals surface area contributed by atoms with E-state index in [1.807, 2.05) is 0 Å². The van der Waals surface area contributed by atoms with Crippen LogP contribution < -0.4 is 5.73 Å². The van der Waals surface area contributed by atoms with Gasteiger partial charge in [-0.2, -0.15) is 0 Å². The molecule has 1 aliphatic heterocycles. The summed E-state index contributed by atoms with van der Waals surface area (Å²) in [5, 5.41) is 0. The first-order chi connectivity index (χ1) is 6.26. The average Bonchev–Trinajstić information content (AvgIpc) is 2.76. The molecule has 0 atom stereocenters. The van der Waals surface area contributed by atoms with Gasteiger partial charge >= 0.3 is 0 Å². The van der Waals surface area contributed by atoms with Gasteiger partial charge in [0.2, 0.25) is 0 Å². The van der Waals surface area contributed by atoms with Crippen molar-refractivity contribution in [1.29, 1.82) is 0 Å². The van der Waals surface area contributed by atoms with Gasteiger partial charge in [-0.15, -0.1) is 0 Å². The molecule has 2 fully saturated rings. The molecule has 0 unspecified atom stereocenters. The molecule has 1 saturated carbocycles. The highest BCUT2D eigenvalue weighted by atomic mass is 15.3. The first-order valence-electron chi connectivity index (χ1n) is 5.23. The number of hydrogen-bond donors (Lipinski definition) is 1. The van der Waals surface area contributed by atoms with Gasteiger partial charge in [0, 0.05) is 20.1 Å². The largest absolute Gasteiger partial charge is 0.370 e. The number of nitrogens with zero attached hydrogens (tertiary/aromatic N) is 2. The maximum Gasteiger partial charge on any atom is 0.190 e. The fourth-order valence-corrected chi connectivity index (χ4v) is 2.81. The van der Waals surface area contributed by atoms with Gasteiger partial charge in [0.15, 0.2) is 5.96 Å². The van der Waals surface area contributed by atoms with E-state index in [-0.39, 0.29) is 0 Å². The van der Waals surface area contributed by atoms with E-state index in [1.54, 1.807) is 7.05 Å². The topological polar surface area (TPSA) is 41.6 Å². The Morgan fingerprint density at radius 1 is 1.31 bits per heavy atom. The molecule has 2 N–H and O–H groups in total. The van der Waals surface area contributed by atoms with Crippen molar-refractivity contribution in [1.82, 2.24) is 4.90 Å². The van der Waals surface area contributed by atoms with Crippen LogP contribution in [0, 0.1) is 5.41 Å². The zero-order valence-electron chi connectivity index (χ0n) is 8.42. The summed E-state index contributed by atoms with van der Waals surface area (Å²) < 4.78 is 0. The summed E-state index contributed by atoms with van der Waals surface area (Å²) in [7, 11) is 1.77. The van der Waals surface area contributed by atoms with Crippen LogP contribution in [0.4, 0.5) is 0 Å². The highest BCUT2D eigenvalue weighted by Crippen LogP contribution is 2.45. The second-order valence-corrected chi connectivity index (χ2v) is 4.46. The molecule has 0 bridgehead atoms. The Morgan fingerprint density at radius 3 is 2.62 bits per heavy atom. The lowest BCUT2D eigenvalue weighted by Gasteiger charge is -2.23. The minimum atomic E-state index is 0.606. The Kier molecular flexibility index (Phi) is 2.18. The van der Waals surface area contributed by atoms with Crippen molar-refractivity contribution in [3.05, 3.63) is 0 Å². The van der Waals surface area contributed by atoms with Crippen LogP contribution >= 0.6 is 0 Å². The minimum absolute atomic E-state index is 0.606. The van der Waals surface area contributed by atoms with Crippen LogP contribution in [0.1, 0.15) is 32.1 Å². The Labute approximate surface area is 80.0 Å². The molecule has 74 valence electrons. The summed E-state index contributed by atoms with van der Waals surface area (Å²) in [5.74, 6) is 0.726. The summed E-state index contributed by atoms with van der Waals surface area (Å²) in [6.07, 6.45) is 6.96. The van der Waals surface area contributed by atoms with Crippen LogP contribution in [0.25, 0.3) is 0 Å². The van der Waals surface area contributed by atoms with E-state index >= 15 is 0 Å². The molecule has 0 radical (unpaired) electrons. The molecule has 0 aromatic heterocycles. The van der Waals surface area contributed by atoms with Crippen molar-refractivity contribution in [2.24, 2.45) is 16.1 Å². The van der Waals surface area contributed by atoms with Crippen LogP contribution in [0.15, 0.2) is 4.99 Å². The van der Waals surface area contributed by atoms with Crippen LogP contribution in [0.5, 0.6) is 0 Å². The number of rotatable bonds is 0. The zero-order valence-corrected chi connectivity index (χ0v) is 8.42. The monoisotopic (exact) mass is 181 g/mol. The highest BCUT2D eigenvalue weighted by Gasteiger charge is 2.40. The maximum atomic E-state index is 5.81. The van der Waals surface area contributed by atoms with Gasteiger partial charge in [0.25, 0.3) is 0 Å². The Hall–Kier alpha value is -0.730. The van der Waals surface area contributed by atoms with Gasteiger partial charge in [-0.1, -0.05) is 12.8 Å². The summed E-state index contributed by atoms with van der Waals surface area (Å²) in [6, 6.07) is 0. The van der Waals surface area contributed by atoms with Crippen LogP contribution in [-0.2, 0) is 0 Å². The molecule has 1 heterocycles. The molecular formula is C10H19N3. The first kappa shape index (κ1) is 8.85. The number of hydrogen-bond acceptors (Lipinski definition) is 1. The molecule has 1 saturated heterocycles. The Morgan fingerprint density at radius 2 is 2.00 bits per heavy atom. The normalized spacial score (nSPS) is 27.5. The van der Waals surface area contributed by atoms with Gasteiger partial charge < -0.3 is 10.6 Å². The van der Waals surface area contributed by atoms with E-state index in [2.05, 4.69) is 9.89 Å². The molecule has 13 heavy (non-hydrogen) atoms.